The number of thioether (sulfide) groups is 1. The lowest BCUT2D eigenvalue weighted by Gasteiger charge is -2.14. The summed E-state index contributed by atoms with van der Waals surface area (Å²) in [6.45, 7) is 3.40. The highest BCUT2D eigenvalue weighted by atomic mass is 32.2. The zero-order valence-corrected chi connectivity index (χ0v) is 21.3. The summed E-state index contributed by atoms with van der Waals surface area (Å²) in [7, 11) is 1.61. The first-order chi connectivity index (χ1) is 16.0. The molecule has 0 saturated carbocycles. The number of methoxy groups -OCH3 is 1. The number of unbranched alkanes of at least 4 members (excludes halogenated alkanes) is 7. The van der Waals surface area contributed by atoms with Crippen molar-refractivity contribution in [2.24, 2.45) is 0 Å². The zero-order valence-electron chi connectivity index (χ0n) is 19.6. The molecule has 0 unspecified atom stereocenters. The van der Waals surface area contributed by atoms with E-state index in [2.05, 4.69) is 6.92 Å². The molecule has 1 heterocycles. The maximum atomic E-state index is 12.9. The second-order valence-electron chi connectivity index (χ2n) is 8.06. The number of hydrogen-bond acceptors (Lipinski definition) is 6. The van der Waals surface area contributed by atoms with Crippen molar-refractivity contribution in [3.05, 3.63) is 28.7 Å². The molecular formula is C25H35NO5S2. The maximum absolute atomic E-state index is 12.9. The average Bonchev–Trinajstić information content (AvgIpc) is 3.05. The van der Waals surface area contributed by atoms with E-state index < -0.39 is 5.97 Å². The lowest BCUT2D eigenvalue weighted by Crippen LogP contribution is -2.29. The summed E-state index contributed by atoms with van der Waals surface area (Å²) in [6.07, 6.45) is 11.1. The molecule has 1 fully saturated rings. The Hall–Kier alpha value is -2.06. The predicted molar refractivity (Wildman–Crippen MR) is 138 cm³/mol. The van der Waals surface area contributed by atoms with Crippen molar-refractivity contribution in [1.29, 1.82) is 0 Å². The summed E-state index contributed by atoms with van der Waals surface area (Å²) in [6, 6.07) is 5.68. The van der Waals surface area contributed by atoms with Gasteiger partial charge < -0.3 is 14.6 Å². The standard InChI is InChI=1S/C25H35NO5S2/c1-3-4-16-31-20-14-13-19(17-21(20)30-2)18-22-24(29)26(25(32)33-22)15-11-9-7-5-6-8-10-12-23(27)28/h13-14,17-18H,3-12,15-16H2,1-2H3,(H,27,28)/b22-18-. The molecule has 8 heteroatoms. The molecule has 1 N–H and O–H groups in total. The van der Waals surface area contributed by atoms with Crippen molar-refractivity contribution in [2.75, 3.05) is 20.3 Å². The Balaban J connectivity index is 1.81. The van der Waals surface area contributed by atoms with Crippen LogP contribution in [0.4, 0.5) is 0 Å². The number of rotatable bonds is 16. The van der Waals surface area contributed by atoms with Crippen LogP contribution in [0.1, 0.15) is 76.7 Å². The van der Waals surface area contributed by atoms with Gasteiger partial charge >= 0.3 is 5.97 Å². The Kier molecular flexibility index (Phi) is 12.3. The highest BCUT2D eigenvalue weighted by Gasteiger charge is 2.31. The third-order valence-corrected chi connectivity index (χ3v) is 6.76. The van der Waals surface area contributed by atoms with Gasteiger partial charge in [-0.3, -0.25) is 14.5 Å². The number of benzene rings is 1. The van der Waals surface area contributed by atoms with Crippen LogP contribution in [0.5, 0.6) is 11.5 Å². The molecule has 1 aliphatic rings. The highest BCUT2D eigenvalue weighted by molar-refractivity contribution is 8.26. The van der Waals surface area contributed by atoms with Gasteiger partial charge in [0.15, 0.2) is 11.5 Å². The Bertz CT molecular complexity index is 840. The van der Waals surface area contributed by atoms with E-state index >= 15 is 0 Å². The van der Waals surface area contributed by atoms with Crippen LogP contribution < -0.4 is 9.47 Å². The van der Waals surface area contributed by atoms with Gasteiger partial charge in [-0.2, -0.15) is 0 Å². The summed E-state index contributed by atoms with van der Waals surface area (Å²) in [4.78, 5) is 25.7. The quantitative estimate of drug-likeness (QED) is 0.165. The fraction of sp³-hybridized carbons (Fsp3) is 0.560. The molecule has 2 rings (SSSR count). The first-order valence-electron chi connectivity index (χ1n) is 11.7. The van der Waals surface area contributed by atoms with Gasteiger partial charge in [-0.05, 0) is 43.0 Å². The Morgan fingerprint density at radius 3 is 2.45 bits per heavy atom. The molecule has 1 aromatic rings. The minimum atomic E-state index is -0.722. The molecule has 33 heavy (non-hydrogen) atoms. The van der Waals surface area contributed by atoms with E-state index in [1.807, 2.05) is 24.3 Å². The van der Waals surface area contributed by atoms with Gasteiger partial charge in [0.1, 0.15) is 4.32 Å². The van der Waals surface area contributed by atoms with Gasteiger partial charge in [0.2, 0.25) is 0 Å². The molecule has 6 nitrogen and oxygen atoms in total. The Morgan fingerprint density at radius 2 is 1.79 bits per heavy atom. The smallest absolute Gasteiger partial charge is 0.303 e. The fourth-order valence-electron chi connectivity index (χ4n) is 3.49. The third kappa shape index (κ3) is 9.37. The SMILES string of the molecule is CCCCOc1ccc(/C=C2\SC(=S)N(CCCCCCCCCC(=O)O)C2=O)cc1OC. The summed E-state index contributed by atoms with van der Waals surface area (Å²) in [5.74, 6) is 0.594. The number of ether oxygens (including phenoxy) is 2. The normalized spacial score (nSPS) is 14.8. The van der Waals surface area contributed by atoms with Crippen LogP contribution >= 0.6 is 24.0 Å². The van der Waals surface area contributed by atoms with Crippen LogP contribution in [-0.4, -0.2) is 46.5 Å². The third-order valence-electron chi connectivity index (χ3n) is 5.39. The van der Waals surface area contributed by atoms with Crippen molar-refractivity contribution in [2.45, 2.75) is 71.1 Å². The topological polar surface area (TPSA) is 76.1 Å². The van der Waals surface area contributed by atoms with Crippen molar-refractivity contribution < 1.29 is 24.2 Å². The minimum absolute atomic E-state index is 0.0408. The van der Waals surface area contributed by atoms with Gasteiger partial charge in [0.05, 0.1) is 18.6 Å². The maximum Gasteiger partial charge on any atom is 0.303 e. The van der Waals surface area contributed by atoms with Crippen LogP contribution in [0.15, 0.2) is 23.1 Å². The lowest BCUT2D eigenvalue weighted by molar-refractivity contribution is -0.137. The second-order valence-corrected chi connectivity index (χ2v) is 9.74. The van der Waals surface area contributed by atoms with Gasteiger partial charge in [0.25, 0.3) is 5.91 Å². The molecule has 0 aromatic heterocycles. The van der Waals surface area contributed by atoms with Crippen LogP contribution in [0.3, 0.4) is 0 Å². The van der Waals surface area contributed by atoms with Crippen LogP contribution in [-0.2, 0) is 9.59 Å². The molecule has 0 spiro atoms. The fourth-order valence-corrected chi connectivity index (χ4v) is 4.80. The van der Waals surface area contributed by atoms with Crippen molar-refractivity contribution in [1.82, 2.24) is 4.90 Å². The van der Waals surface area contributed by atoms with Crippen molar-refractivity contribution in [3.8, 4) is 11.5 Å². The summed E-state index contributed by atoms with van der Waals surface area (Å²) in [5, 5.41) is 8.65. The predicted octanol–water partition coefficient (Wildman–Crippen LogP) is 6.28. The second kappa shape index (κ2) is 15.0. The molecule has 1 aromatic carbocycles. The van der Waals surface area contributed by atoms with E-state index in [1.54, 1.807) is 12.0 Å². The number of carboxylic acids is 1. The minimum Gasteiger partial charge on any atom is -0.493 e. The van der Waals surface area contributed by atoms with Gasteiger partial charge in [-0.1, -0.05) is 75.5 Å². The van der Waals surface area contributed by atoms with Crippen molar-refractivity contribution >= 4 is 46.3 Å². The van der Waals surface area contributed by atoms with E-state index in [0.29, 0.717) is 33.9 Å². The monoisotopic (exact) mass is 493 g/mol. The van der Waals surface area contributed by atoms with Gasteiger partial charge in [-0.15, -0.1) is 0 Å². The molecule has 0 atom stereocenters. The molecule has 1 amide bonds. The number of carbonyl (C=O) groups is 2. The number of nitrogens with zero attached hydrogens (tertiary/aromatic N) is 1. The van der Waals surface area contributed by atoms with E-state index in [4.69, 9.17) is 26.8 Å². The number of aliphatic carboxylic acids is 1. The number of carbonyl (C=O) groups excluding carboxylic acids is 1. The molecule has 0 radical (unpaired) electrons. The molecule has 1 aliphatic heterocycles. The Labute approximate surface area is 206 Å². The van der Waals surface area contributed by atoms with Crippen LogP contribution in [0, 0.1) is 0 Å². The average molecular weight is 494 g/mol. The first-order valence-corrected chi connectivity index (χ1v) is 13.0. The van der Waals surface area contributed by atoms with Crippen LogP contribution in [0.2, 0.25) is 0 Å². The number of carboxylic acid groups (broad SMARTS) is 1. The molecule has 182 valence electrons. The number of amides is 1. The number of hydrogen-bond donors (Lipinski definition) is 1. The molecule has 0 bridgehead atoms. The lowest BCUT2D eigenvalue weighted by atomic mass is 10.1. The number of thiocarbonyl (C=S) groups is 1. The van der Waals surface area contributed by atoms with E-state index in [9.17, 15) is 9.59 Å². The molecule has 0 aliphatic carbocycles. The first kappa shape index (κ1) is 27.2. The van der Waals surface area contributed by atoms with Crippen molar-refractivity contribution in [3.63, 3.8) is 0 Å². The summed E-state index contributed by atoms with van der Waals surface area (Å²) < 4.78 is 11.8. The van der Waals surface area contributed by atoms with Gasteiger partial charge in [0, 0.05) is 13.0 Å². The Morgan fingerprint density at radius 1 is 1.09 bits per heavy atom. The largest absolute Gasteiger partial charge is 0.493 e. The van der Waals surface area contributed by atoms with E-state index in [-0.39, 0.29) is 12.3 Å². The molecular weight excluding hydrogens is 458 g/mol. The summed E-state index contributed by atoms with van der Waals surface area (Å²) in [5.41, 5.74) is 0.873. The van der Waals surface area contributed by atoms with E-state index in [1.165, 1.54) is 11.8 Å². The van der Waals surface area contributed by atoms with E-state index in [0.717, 1.165) is 63.4 Å². The van der Waals surface area contributed by atoms with Crippen LogP contribution in [0.25, 0.3) is 6.08 Å². The highest BCUT2D eigenvalue weighted by Crippen LogP contribution is 2.35. The summed E-state index contributed by atoms with van der Waals surface area (Å²) >= 11 is 6.78. The van der Waals surface area contributed by atoms with Gasteiger partial charge in [-0.25, -0.2) is 0 Å². The zero-order chi connectivity index (χ0) is 24.1. The molecule has 1 saturated heterocycles.